The predicted octanol–water partition coefficient (Wildman–Crippen LogP) is 0.771. The summed E-state index contributed by atoms with van der Waals surface area (Å²) in [6.45, 7) is 5.78. The van der Waals surface area contributed by atoms with E-state index in [1.54, 1.807) is 7.11 Å². The maximum atomic E-state index is 5.67. The smallest absolute Gasteiger partial charge is 0.0587 e. The average molecular weight is 230 g/mol. The Morgan fingerprint density at radius 1 is 1.12 bits per heavy atom. The van der Waals surface area contributed by atoms with Gasteiger partial charge in [0.15, 0.2) is 0 Å². The fourth-order valence-electron chi connectivity index (χ4n) is 1.90. The first-order chi connectivity index (χ1) is 7.93. The zero-order valence-electron chi connectivity index (χ0n) is 10.5. The molecule has 4 nitrogen and oxygen atoms in total. The molecule has 0 aromatic carbocycles. The second-order valence-electron chi connectivity index (χ2n) is 4.27. The Hall–Kier alpha value is -0.160. The van der Waals surface area contributed by atoms with Crippen molar-refractivity contribution in [3.05, 3.63) is 0 Å². The molecule has 1 rings (SSSR count). The van der Waals surface area contributed by atoms with E-state index < -0.39 is 0 Å². The molecule has 1 unspecified atom stereocenters. The topological polar surface area (TPSA) is 42.5 Å². The van der Waals surface area contributed by atoms with Gasteiger partial charge in [-0.25, -0.2) is 0 Å². The zero-order valence-corrected chi connectivity index (χ0v) is 10.5. The number of nitrogens with one attached hydrogen (secondary N) is 2. The van der Waals surface area contributed by atoms with Crippen molar-refractivity contribution < 1.29 is 9.47 Å². The molecular weight excluding hydrogens is 204 g/mol. The van der Waals surface area contributed by atoms with Crippen LogP contribution < -0.4 is 10.6 Å². The minimum Gasteiger partial charge on any atom is -0.383 e. The summed E-state index contributed by atoms with van der Waals surface area (Å²) in [5, 5.41) is 6.73. The van der Waals surface area contributed by atoms with Gasteiger partial charge in [-0.05, 0) is 32.2 Å². The van der Waals surface area contributed by atoms with Crippen LogP contribution in [0, 0.1) is 0 Å². The summed E-state index contributed by atoms with van der Waals surface area (Å²) < 4.78 is 10.6. The summed E-state index contributed by atoms with van der Waals surface area (Å²) in [6, 6.07) is 0. The van der Waals surface area contributed by atoms with E-state index in [1.165, 1.54) is 19.3 Å². The van der Waals surface area contributed by atoms with E-state index in [9.17, 15) is 0 Å². The molecule has 0 aromatic rings. The summed E-state index contributed by atoms with van der Waals surface area (Å²) in [6.07, 6.45) is 5.48. The maximum absolute atomic E-state index is 5.67. The van der Waals surface area contributed by atoms with Crippen LogP contribution in [0.2, 0.25) is 0 Å². The maximum Gasteiger partial charge on any atom is 0.0587 e. The first-order valence-corrected chi connectivity index (χ1v) is 6.45. The Morgan fingerprint density at radius 2 is 1.94 bits per heavy atom. The van der Waals surface area contributed by atoms with Crippen molar-refractivity contribution in [3.63, 3.8) is 0 Å². The van der Waals surface area contributed by atoms with Crippen LogP contribution in [0.4, 0.5) is 0 Å². The monoisotopic (exact) mass is 230 g/mol. The number of hydrogen-bond donors (Lipinski definition) is 2. The SMILES string of the molecule is COCCNCCNCCC1CCCCO1. The molecule has 1 heterocycles. The first kappa shape index (κ1) is 13.9. The predicted molar refractivity (Wildman–Crippen MR) is 65.8 cm³/mol. The quantitative estimate of drug-likeness (QED) is 0.574. The molecule has 1 fully saturated rings. The third kappa shape index (κ3) is 7.17. The molecule has 0 saturated carbocycles. The molecule has 2 N–H and O–H groups in total. The van der Waals surface area contributed by atoms with Crippen molar-refractivity contribution in [1.82, 2.24) is 10.6 Å². The molecule has 1 aliphatic heterocycles. The summed E-state index contributed by atoms with van der Waals surface area (Å²) in [7, 11) is 1.73. The summed E-state index contributed by atoms with van der Waals surface area (Å²) in [5.74, 6) is 0. The van der Waals surface area contributed by atoms with Gasteiger partial charge < -0.3 is 20.1 Å². The summed E-state index contributed by atoms with van der Waals surface area (Å²) in [5.41, 5.74) is 0. The van der Waals surface area contributed by atoms with Gasteiger partial charge in [0.1, 0.15) is 0 Å². The molecule has 0 bridgehead atoms. The van der Waals surface area contributed by atoms with Crippen LogP contribution in [0.25, 0.3) is 0 Å². The average Bonchev–Trinajstić information content (AvgIpc) is 2.34. The lowest BCUT2D eigenvalue weighted by molar-refractivity contribution is 0.0116. The molecule has 1 atom stereocenters. The molecule has 1 saturated heterocycles. The Balaban J connectivity index is 1.77. The van der Waals surface area contributed by atoms with Crippen molar-refractivity contribution in [2.45, 2.75) is 31.8 Å². The molecule has 0 aromatic heterocycles. The highest BCUT2D eigenvalue weighted by molar-refractivity contribution is 4.65. The number of rotatable bonds is 9. The van der Waals surface area contributed by atoms with Gasteiger partial charge in [-0.3, -0.25) is 0 Å². The van der Waals surface area contributed by atoms with Crippen LogP contribution in [0.3, 0.4) is 0 Å². The fraction of sp³-hybridized carbons (Fsp3) is 1.00. The second-order valence-corrected chi connectivity index (χ2v) is 4.27. The van der Waals surface area contributed by atoms with E-state index in [0.29, 0.717) is 6.10 Å². The van der Waals surface area contributed by atoms with Crippen LogP contribution >= 0.6 is 0 Å². The van der Waals surface area contributed by atoms with Crippen molar-refractivity contribution in [1.29, 1.82) is 0 Å². The standard InChI is InChI=1S/C12H26N2O2/c1-15-11-9-14-8-7-13-6-5-12-4-2-3-10-16-12/h12-14H,2-11H2,1H3. The van der Waals surface area contributed by atoms with Crippen molar-refractivity contribution in [2.24, 2.45) is 0 Å². The first-order valence-electron chi connectivity index (χ1n) is 6.45. The molecule has 0 radical (unpaired) electrons. The highest BCUT2D eigenvalue weighted by atomic mass is 16.5. The summed E-state index contributed by atoms with van der Waals surface area (Å²) >= 11 is 0. The van der Waals surface area contributed by atoms with Crippen molar-refractivity contribution in [2.75, 3.05) is 46.5 Å². The second kappa shape index (κ2) is 10.0. The lowest BCUT2D eigenvalue weighted by atomic mass is 10.1. The normalized spacial score (nSPS) is 21.2. The molecule has 0 spiro atoms. The van der Waals surface area contributed by atoms with Gasteiger partial charge in [-0.2, -0.15) is 0 Å². The van der Waals surface area contributed by atoms with Gasteiger partial charge in [0.05, 0.1) is 12.7 Å². The van der Waals surface area contributed by atoms with Crippen LogP contribution in [0.15, 0.2) is 0 Å². The highest BCUT2D eigenvalue weighted by Crippen LogP contribution is 2.14. The Labute approximate surface area is 99.1 Å². The van der Waals surface area contributed by atoms with Gasteiger partial charge in [0.2, 0.25) is 0 Å². The van der Waals surface area contributed by atoms with Crippen LogP contribution in [0.1, 0.15) is 25.7 Å². The Morgan fingerprint density at radius 3 is 2.62 bits per heavy atom. The Bertz CT molecular complexity index is 150. The van der Waals surface area contributed by atoms with E-state index >= 15 is 0 Å². The van der Waals surface area contributed by atoms with Gasteiger partial charge in [-0.15, -0.1) is 0 Å². The van der Waals surface area contributed by atoms with Gasteiger partial charge in [0.25, 0.3) is 0 Å². The van der Waals surface area contributed by atoms with E-state index in [-0.39, 0.29) is 0 Å². The third-order valence-corrected chi connectivity index (χ3v) is 2.88. The van der Waals surface area contributed by atoms with Crippen LogP contribution in [-0.2, 0) is 9.47 Å². The van der Waals surface area contributed by atoms with Crippen LogP contribution in [0.5, 0.6) is 0 Å². The fourth-order valence-corrected chi connectivity index (χ4v) is 1.90. The molecule has 4 heteroatoms. The number of hydrogen-bond acceptors (Lipinski definition) is 4. The largest absolute Gasteiger partial charge is 0.383 e. The summed E-state index contributed by atoms with van der Waals surface area (Å²) in [4.78, 5) is 0. The number of methoxy groups -OCH3 is 1. The van der Waals surface area contributed by atoms with Crippen molar-refractivity contribution in [3.8, 4) is 0 Å². The molecular formula is C12H26N2O2. The molecule has 1 aliphatic rings. The van der Waals surface area contributed by atoms with E-state index in [4.69, 9.17) is 9.47 Å². The number of ether oxygens (including phenoxy) is 2. The lowest BCUT2D eigenvalue weighted by Gasteiger charge is -2.22. The minimum absolute atomic E-state index is 0.503. The van der Waals surface area contributed by atoms with Crippen LogP contribution in [-0.4, -0.2) is 52.6 Å². The lowest BCUT2D eigenvalue weighted by Crippen LogP contribution is -2.31. The van der Waals surface area contributed by atoms with Crippen molar-refractivity contribution >= 4 is 0 Å². The Kier molecular flexibility index (Phi) is 8.71. The zero-order chi connectivity index (χ0) is 11.5. The van der Waals surface area contributed by atoms with E-state index in [2.05, 4.69) is 10.6 Å². The van der Waals surface area contributed by atoms with E-state index in [0.717, 1.165) is 45.8 Å². The molecule has 0 amide bonds. The molecule has 16 heavy (non-hydrogen) atoms. The third-order valence-electron chi connectivity index (χ3n) is 2.88. The highest BCUT2D eigenvalue weighted by Gasteiger charge is 2.12. The molecule has 0 aliphatic carbocycles. The minimum atomic E-state index is 0.503. The van der Waals surface area contributed by atoms with Gasteiger partial charge in [-0.1, -0.05) is 0 Å². The molecule has 96 valence electrons. The van der Waals surface area contributed by atoms with Gasteiger partial charge >= 0.3 is 0 Å². The van der Waals surface area contributed by atoms with E-state index in [1.807, 2.05) is 0 Å². The van der Waals surface area contributed by atoms with Gasteiger partial charge in [0, 0.05) is 33.4 Å².